The van der Waals surface area contributed by atoms with Crippen molar-refractivity contribution < 1.29 is 14.4 Å². The maximum Gasteiger partial charge on any atom is 0.320 e. The van der Waals surface area contributed by atoms with Crippen LogP contribution in [-0.2, 0) is 16.0 Å². The van der Waals surface area contributed by atoms with Crippen LogP contribution < -0.4 is 5.32 Å². The number of carbonyl (C=O) groups excluding carboxylic acids is 3. The standard InChI is InChI=1S/C23H34N4O3/c1-3-25(4-2)23(30)27-15-7-8-19(17-27)22(29)24-20-11-9-18(10-12-20)16-21(28)26-13-5-6-14-26/h9-12,19H,3-8,13-17H2,1-2H3,(H,24,29)/t19-/m0/s1. The van der Waals surface area contributed by atoms with Crippen LogP contribution in [0.4, 0.5) is 10.5 Å². The molecule has 0 radical (unpaired) electrons. The molecule has 1 aromatic rings. The van der Waals surface area contributed by atoms with Gasteiger partial charge in [-0.15, -0.1) is 0 Å². The molecule has 0 spiro atoms. The third kappa shape index (κ3) is 5.52. The lowest BCUT2D eigenvalue weighted by Crippen LogP contribution is -2.49. The van der Waals surface area contributed by atoms with Gasteiger partial charge in [-0.05, 0) is 57.2 Å². The van der Waals surface area contributed by atoms with E-state index in [2.05, 4.69) is 5.32 Å². The number of hydrogen-bond acceptors (Lipinski definition) is 3. The fourth-order valence-electron chi connectivity index (χ4n) is 4.26. The smallest absolute Gasteiger partial charge is 0.320 e. The van der Waals surface area contributed by atoms with E-state index >= 15 is 0 Å². The van der Waals surface area contributed by atoms with Crippen molar-refractivity contribution in [3.05, 3.63) is 29.8 Å². The molecule has 2 saturated heterocycles. The Morgan fingerprint density at radius 2 is 1.60 bits per heavy atom. The summed E-state index contributed by atoms with van der Waals surface area (Å²) in [5.74, 6) is -0.0768. The molecule has 0 saturated carbocycles. The van der Waals surface area contributed by atoms with Crippen molar-refractivity contribution in [2.75, 3.05) is 44.6 Å². The summed E-state index contributed by atoms with van der Waals surface area (Å²) in [7, 11) is 0. The monoisotopic (exact) mass is 414 g/mol. The van der Waals surface area contributed by atoms with Gasteiger partial charge in [-0.3, -0.25) is 9.59 Å². The summed E-state index contributed by atoms with van der Waals surface area (Å²) < 4.78 is 0. The van der Waals surface area contributed by atoms with Crippen molar-refractivity contribution in [1.82, 2.24) is 14.7 Å². The average Bonchev–Trinajstić information content (AvgIpc) is 3.31. The van der Waals surface area contributed by atoms with Crippen molar-refractivity contribution in [1.29, 1.82) is 0 Å². The minimum Gasteiger partial charge on any atom is -0.342 e. The maximum atomic E-state index is 12.8. The largest absolute Gasteiger partial charge is 0.342 e. The van der Waals surface area contributed by atoms with Crippen LogP contribution in [0.15, 0.2) is 24.3 Å². The number of carbonyl (C=O) groups is 3. The van der Waals surface area contributed by atoms with Crippen LogP contribution in [-0.4, -0.2) is 71.8 Å². The Hall–Kier alpha value is -2.57. The van der Waals surface area contributed by atoms with Crippen molar-refractivity contribution in [3.63, 3.8) is 0 Å². The molecule has 7 heteroatoms. The second-order valence-corrected chi connectivity index (χ2v) is 8.19. The third-order valence-corrected chi connectivity index (χ3v) is 6.13. The molecule has 4 amide bonds. The van der Waals surface area contributed by atoms with Crippen LogP contribution in [0, 0.1) is 5.92 Å². The van der Waals surface area contributed by atoms with Gasteiger partial charge in [-0.2, -0.15) is 0 Å². The first-order valence-corrected chi connectivity index (χ1v) is 11.2. The molecule has 2 heterocycles. The van der Waals surface area contributed by atoms with E-state index in [-0.39, 0.29) is 23.8 Å². The predicted octanol–water partition coefficient (Wildman–Crippen LogP) is 2.96. The van der Waals surface area contributed by atoms with Crippen LogP contribution in [0.5, 0.6) is 0 Å². The van der Waals surface area contributed by atoms with E-state index in [0.717, 1.165) is 50.0 Å². The topological polar surface area (TPSA) is 73.0 Å². The van der Waals surface area contributed by atoms with Gasteiger partial charge in [0.15, 0.2) is 0 Å². The zero-order valence-corrected chi connectivity index (χ0v) is 18.2. The molecule has 164 valence electrons. The van der Waals surface area contributed by atoms with Crippen molar-refractivity contribution in [2.45, 2.75) is 46.0 Å². The number of piperidine rings is 1. The predicted molar refractivity (Wildman–Crippen MR) is 117 cm³/mol. The number of hydrogen-bond donors (Lipinski definition) is 1. The molecule has 2 fully saturated rings. The lowest BCUT2D eigenvalue weighted by molar-refractivity contribution is -0.129. The van der Waals surface area contributed by atoms with E-state index in [0.29, 0.717) is 32.6 Å². The lowest BCUT2D eigenvalue weighted by atomic mass is 9.97. The molecule has 2 aliphatic rings. The van der Waals surface area contributed by atoms with Crippen LogP contribution in [0.1, 0.15) is 45.1 Å². The SMILES string of the molecule is CCN(CC)C(=O)N1CCC[C@H](C(=O)Nc2ccc(CC(=O)N3CCCC3)cc2)C1. The van der Waals surface area contributed by atoms with Crippen LogP contribution in [0.2, 0.25) is 0 Å². The second kappa shape index (κ2) is 10.5. The quantitative estimate of drug-likeness (QED) is 0.778. The van der Waals surface area contributed by atoms with E-state index in [1.54, 1.807) is 9.80 Å². The van der Waals surface area contributed by atoms with E-state index in [1.807, 2.05) is 43.0 Å². The summed E-state index contributed by atoms with van der Waals surface area (Å²) in [4.78, 5) is 43.2. The summed E-state index contributed by atoms with van der Waals surface area (Å²) in [6, 6.07) is 7.53. The van der Waals surface area contributed by atoms with E-state index in [9.17, 15) is 14.4 Å². The van der Waals surface area contributed by atoms with Crippen LogP contribution >= 0.6 is 0 Å². The minimum absolute atomic E-state index is 0.0181. The molecule has 0 aromatic heterocycles. The molecule has 0 aliphatic carbocycles. The molecule has 0 bridgehead atoms. The Morgan fingerprint density at radius 3 is 2.23 bits per heavy atom. The molecular formula is C23H34N4O3. The Kier molecular flexibility index (Phi) is 7.71. The Balaban J connectivity index is 1.52. The summed E-state index contributed by atoms with van der Waals surface area (Å²) >= 11 is 0. The number of benzene rings is 1. The molecule has 1 N–H and O–H groups in total. The molecule has 0 unspecified atom stereocenters. The normalized spacial score (nSPS) is 18.9. The highest BCUT2D eigenvalue weighted by atomic mass is 16.2. The number of rotatable bonds is 6. The van der Waals surface area contributed by atoms with Gasteiger partial charge >= 0.3 is 6.03 Å². The number of nitrogens with one attached hydrogen (secondary N) is 1. The summed E-state index contributed by atoms with van der Waals surface area (Å²) in [6.07, 6.45) is 4.21. The molecule has 3 rings (SSSR count). The van der Waals surface area contributed by atoms with Gasteiger partial charge in [-0.25, -0.2) is 4.79 Å². The zero-order valence-electron chi connectivity index (χ0n) is 18.2. The number of anilines is 1. The van der Waals surface area contributed by atoms with Gasteiger partial charge in [0, 0.05) is 45.0 Å². The maximum absolute atomic E-state index is 12.8. The molecule has 1 aromatic carbocycles. The second-order valence-electron chi connectivity index (χ2n) is 8.19. The first-order chi connectivity index (χ1) is 14.5. The fourth-order valence-corrected chi connectivity index (χ4v) is 4.26. The van der Waals surface area contributed by atoms with E-state index in [1.165, 1.54) is 0 Å². The molecule has 1 atom stereocenters. The molecule has 7 nitrogen and oxygen atoms in total. The van der Waals surface area contributed by atoms with Crippen LogP contribution in [0.3, 0.4) is 0 Å². The fraction of sp³-hybridized carbons (Fsp3) is 0.609. The first kappa shape index (κ1) is 22.1. The summed E-state index contributed by atoms with van der Waals surface area (Å²) in [5.41, 5.74) is 1.68. The number of urea groups is 1. The minimum atomic E-state index is -0.199. The van der Waals surface area contributed by atoms with Crippen molar-refractivity contribution in [2.24, 2.45) is 5.92 Å². The highest BCUT2D eigenvalue weighted by Crippen LogP contribution is 2.21. The third-order valence-electron chi connectivity index (χ3n) is 6.13. The van der Waals surface area contributed by atoms with Crippen molar-refractivity contribution >= 4 is 23.5 Å². The first-order valence-electron chi connectivity index (χ1n) is 11.2. The molecule has 30 heavy (non-hydrogen) atoms. The van der Waals surface area contributed by atoms with E-state index < -0.39 is 0 Å². The zero-order chi connectivity index (χ0) is 21.5. The Labute approximate surface area is 179 Å². The van der Waals surface area contributed by atoms with Gasteiger partial charge in [0.25, 0.3) is 0 Å². The Morgan fingerprint density at radius 1 is 0.967 bits per heavy atom. The highest BCUT2D eigenvalue weighted by Gasteiger charge is 2.30. The summed E-state index contributed by atoms with van der Waals surface area (Å²) in [5, 5.41) is 2.98. The van der Waals surface area contributed by atoms with Gasteiger partial charge in [0.1, 0.15) is 0 Å². The number of amides is 4. The van der Waals surface area contributed by atoms with E-state index in [4.69, 9.17) is 0 Å². The van der Waals surface area contributed by atoms with Gasteiger partial charge in [0.2, 0.25) is 11.8 Å². The van der Waals surface area contributed by atoms with Crippen LogP contribution in [0.25, 0.3) is 0 Å². The number of nitrogens with zero attached hydrogens (tertiary/aromatic N) is 3. The lowest BCUT2D eigenvalue weighted by Gasteiger charge is -2.35. The molecule has 2 aliphatic heterocycles. The van der Waals surface area contributed by atoms with Crippen molar-refractivity contribution in [3.8, 4) is 0 Å². The number of likely N-dealkylation sites (tertiary alicyclic amines) is 2. The molecular weight excluding hydrogens is 380 g/mol. The average molecular weight is 415 g/mol. The van der Waals surface area contributed by atoms with Gasteiger partial charge in [0.05, 0.1) is 12.3 Å². The van der Waals surface area contributed by atoms with Gasteiger partial charge < -0.3 is 20.0 Å². The summed E-state index contributed by atoms with van der Waals surface area (Å²) in [6.45, 7) is 8.19. The Bertz CT molecular complexity index is 739. The van der Waals surface area contributed by atoms with Gasteiger partial charge in [-0.1, -0.05) is 12.1 Å². The highest BCUT2D eigenvalue weighted by molar-refractivity contribution is 5.93.